The Balaban J connectivity index is 1.27. The number of carbonyl (C=O) groups is 3. The second-order valence-corrected chi connectivity index (χ2v) is 12.1. The van der Waals surface area contributed by atoms with Gasteiger partial charge in [-0.05, 0) is 86.1 Å². The number of aromatic nitrogens is 3. The number of amides is 2. The molecule has 0 aliphatic heterocycles. The van der Waals surface area contributed by atoms with Gasteiger partial charge < -0.3 is 25.0 Å². The van der Waals surface area contributed by atoms with E-state index in [9.17, 15) is 14.4 Å². The molecule has 0 atom stereocenters. The molecular weight excluding hydrogens is 594 g/mol. The standard InChI is InChI=1S/C34H34ClN5O5/c1-40-26-18-22(8-12-24(26)29(20-6-3-4-7-20)30(40)25-13-11-23(35)19-36-25)31(43)39-34(16-5-17-34)33(44)38-27-14-9-21(10-15-28(41)42)32(37-27)45-2/h8-15,18-20H,3-7,16-17H2,1-2H3,(H,39,43)(H,41,42)(H,37,38,44)/b15-10+. The second-order valence-electron chi connectivity index (χ2n) is 11.7. The molecule has 2 saturated carbocycles. The molecule has 2 aliphatic carbocycles. The fraction of sp³-hybridized carbons (Fsp3) is 0.324. The average molecular weight is 628 g/mol. The highest BCUT2D eigenvalue weighted by Crippen LogP contribution is 2.44. The molecule has 3 aromatic heterocycles. The molecule has 232 valence electrons. The van der Waals surface area contributed by atoms with Crippen molar-refractivity contribution in [2.75, 3.05) is 12.4 Å². The summed E-state index contributed by atoms with van der Waals surface area (Å²) in [5.74, 6) is -0.990. The quantitative estimate of drug-likeness (QED) is 0.184. The van der Waals surface area contributed by atoms with E-state index in [1.165, 1.54) is 31.6 Å². The lowest BCUT2D eigenvalue weighted by molar-refractivity contribution is -0.131. The van der Waals surface area contributed by atoms with Crippen LogP contribution in [-0.4, -0.2) is 50.1 Å². The molecule has 0 unspecified atom stereocenters. The van der Waals surface area contributed by atoms with Crippen molar-refractivity contribution in [1.29, 1.82) is 0 Å². The molecule has 6 rings (SSSR count). The van der Waals surface area contributed by atoms with Gasteiger partial charge in [0.15, 0.2) is 0 Å². The first kappa shape index (κ1) is 30.3. The van der Waals surface area contributed by atoms with Gasteiger partial charge in [-0.15, -0.1) is 0 Å². The van der Waals surface area contributed by atoms with Crippen LogP contribution >= 0.6 is 11.6 Å². The molecular formula is C34H34ClN5O5. The number of fused-ring (bicyclic) bond motifs is 1. The molecule has 0 spiro atoms. The second kappa shape index (κ2) is 12.4. The third-order valence-electron chi connectivity index (χ3n) is 8.96. The number of methoxy groups -OCH3 is 1. The van der Waals surface area contributed by atoms with Crippen molar-refractivity contribution >= 4 is 52.2 Å². The van der Waals surface area contributed by atoms with Gasteiger partial charge in [-0.3, -0.25) is 14.6 Å². The summed E-state index contributed by atoms with van der Waals surface area (Å²) in [5, 5.41) is 16.4. The number of hydrogen-bond acceptors (Lipinski definition) is 6. The van der Waals surface area contributed by atoms with Crippen LogP contribution in [0.4, 0.5) is 5.82 Å². The fourth-order valence-electron chi connectivity index (χ4n) is 6.50. The largest absolute Gasteiger partial charge is 0.481 e. The molecule has 0 saturated heterocycles. The van der Waals surface area contributed by atoms with Crippen molar-refractivity contribution in [3.8, 4) is 17.3 Å². The number of aryl methyl sites for hydroxylation is 1. The molecule has 11 heteroatoms. The van der Waals surface area contributed by atoms with Crippen molar-refractivity contribution in [2.24, 2.45) is 7.05 Å². The van der Waals surface area contributed by atoms with Crippen LogP contribution in [0.15, 0.2) is 54.7 Å². The first-order valence-corrected chi connectivity index (χ1v) is 15.4. The molecule has 3 N–H and O–H groups in total. The zero-order chi connectivity index (χ0) is 31.7. The Labute approximate surface area is 265 Å². The van der Waals surface area contributed by atoms with E-state index in [4.69, 9.17) is 21.4 Å². The summed E-state index contributed by atoms with van der Waals surface area (Å²) in [7, 11) is 3.41. The Kier molecular flexibility index (Phi) is 8.33. The molecule has 10 nitrogen and oxygen atoms in total. The minimum atomic E-state index is -1.10. The molecule has 45 heavy (non-hydrogen) atoms. The van der Waals surface area contributed by atoms with Crippen LogP contribution in [0.1, 0.15) is 72.3 Å². The summed E-state index contributed by atoms with van der Waals surface area (Å²) < 4.78 is 7.39. The van der Waals surface area contributed by atoms with E-state index in [1.807, 2.05) is 37.4 Å². The number of hydrogen-bond donors (Lipinski definition) is 3. The summed E-state index contributed by atoms with van der Waals surface area (Å²) in [6, 6.07) is 12.7. The summed E-state index contributed by atoms with van der Waals surface area (Å²) in [4.78, 5) is 47.0. The van der Waals surface area contributed by atoms with Crippen molar-refractivity contribution in [2.45, 2.75) is 56.4 Å². The van der Waals surface area contributed by atoms with Crippen LogP contribution in [0.3, 0.4) is 0 Å². The number of pyridine rings is 2. The molecule has 2 amide bonds. The Morgan fingerprint density at radius 3 is 2.51 bits per heavy atom. The maximum absolute atomic E-state index is 13.7. The third-order valence-corrected chi connectivity index (χ3v) is 9.18. The van der Waals surface area contributed by atoms with E-state index in [1.54, 1.807) is 18.3 Å². The number of halogens is 1. The van der Waals surface area contributed by atoms with Gasteiger partial charge in [0.25, 0.3) is 11.8 Å². The van der Waals surface area contributed by atoms with Crippen molar-refractivity contribution < 1.29 is 24.2 Å². The van der Waals surface area contributed by atoms with Crippen LogP contribution in [0.2, 0.25) is 5.02 Å². The predicted molar refractivity (Wildman–Crippen MR) is 173 cm³/mol. The highest BCUT2D eigenvalue weighted by Gasteiger charge is 2.46. The molecule has 4 aromatic rings. The maximum atomic E-state index is 13.7. The minimum absolute atomic E-state index is 0.165. The van der Waals surface area contributed by atoms with Gasteiger partial charge >= 0.3 is 5.97 Å². The van der Waals surface area contributed by atoms with Crippen LogP contribution in [0.25, 0.3) is 28.4 Å². The highest BCUT2D eigenvalue weighted by molar-refractivity contribution is 6.30. The lowest BCUT2D eigenvalue weighted by Gasteiger charge is -2.40. The summed E-state index contributed by atoms with van der Waals surface area (Å²) in [6.07, 6.45) is 10.4. The van der Waals surface area contributed by atoms with Crippen LogP contribution < -0.4 is 15.4 Å². The molecule has 2 fully saturated rings. The predicted octanol–water partition coefficient (Wildman–Crippen LogP) is 6.34. The van der Waals surface area contributed by atoms with Crippen LogP contribution in [0, 0.1) is 0 Å². The van der Waals surface area contributed by atoms with Gasteiger partial charge in [0.05, 0.1) is 23.5 Å². The molecule has 2 aliphatic rings. The first-order valence-electron chi connectivity index (χ1n) is 15.0. The SMILES string of the molecule is COc1nc(NC(=O)C2(NC(=O)c3ccc4c(C5CCCC5)c(-c5ccc(Cl)cn5)n(C)c4c3)CCC2)ccc1/C=C/C(=O)O. The number of nitrogens with zero attached hydrogens (tertiary/aromatic N) is 3. The number of anilines is 1. The minimum Gasteiger partial charge on any atom is -0.481 e. The van der Waals surface area contributed by atoms with Crippen molar-refractivity contribution in [1.82, 2.24) is 19.9 Å². The Bertz CT molecular complexity index is 1820. The van der Waals surface area contributed by atoms with E-state index in [0.29, 0.717) is 34.9 Å². The molecule has 1 aromatic carbocycles. The van der Waals surface area contributed by atoms with Crippen LogP contribution in [-0.2, 0) is 16.6 Å². The first-order chi connectivity index (χ1) is 21.7. The fourth-order valence-corrected chi connectivity index (χ4v) is 6.61. The third kappa shape index (κ3) is 5.90. The smallest absolute Gasteiger partial charge is 0.328 e. The topological polar surface area (TPSA) is 135 Å². The van der Waals surface area contributed by atoms with Crippen molar-refractivity contribution in [3.63, 3.8) is 0 Å². The molecule has 3 heterocycles. The number of carboxylic acid groups (broad SMARTS) is 1. The maximum Gasteiger partial charge on any atom is 0.328 e. The Morgan fingerprint density at radius 2 is 1.87 bits per heavy atom. The number of benzene rings is 1. The summed E-state index contributed by atoms with van der Waals surface area (Å²) >= 11 is 6.15. The lowest BCUT2D eigenvalue weighted by Crippen LogP contribution is -2.61. The van der Waals surface area contributed by atoms with Crippen molar-refractivity contribution in [3.05, 3.63) is 76.5 Å². The van der Waals surface area contributed by atoms with Gasteiger partial charge in [-0.25, -0.2) is 4.79 Å². The summed E-state index contributed by atoms with van der Waals surface area (Å²) in [5.41, 5.74) is 3.90. The zero-order valence-electron chi connectivity index (χ0n) is 25.1. The lowest BCUT2D eigenvalue weighted by atomic mass is 9.75. The molecule has 0 bridgehead atoms. The van der Waals surface area contributed by atoms with Gasteiger partial charge in [-0.2, -0.15) is 4.98 Å². The monoisotopic (exact) mass is 627 g/mol. The van der Waals surface area contributed by atoms with E-state index in [0.717, 1.165) is 47.6 Å². The van der Waals surface area contributed by atoms with Crippen LogP contribution in [0.5, 0.6) is 5.88 Å². The van der Waals surface area contributed by atoms with E-state index < -0.39 is 11.5 Å². The number of aliphatic carboxylic acids is 1. The number of nitrogens with one attached hydrogen (secondary N) is 2. The highest BCUT2D eigenvalue weighted by atomic mass is 35.5. The van der Waals surface area contributed by atoms with Gasteiger partial charge in [0.1, 0.15) is 11.4 Å². The van der Waals surface area contributed by atoms with E-state index in [-0.39, 0.29) is 23.5 Å². The number of carboxylic acids is 1. The number of ether oxygens (including phenoxy) is 1. The Morgan fingerprint density at radius 1 is 1.09 bits per heavy atom. The van der Waals surface area contributed by atoms with E-state index >= 15 is 0 Å². The normalized spacial score (nSPS) is 16.1. The zero-order valence-corrected chi connectivity index (χ0v) is 25.9. The molecule has 0 radical (unpaired) electrons. The van der Waals surface area contributed by atoms with Gasteiger partial charge in [-0.1, -0.05) is 30.5 Å². The van der Waals surface area contributed by atoms with E-state index in [2.05, 4.69) is 25.2 Å². The number of carbonyl (C=O) groups excluding carboxylic acids is 2. The summed E-state index contributed by atoms with van der Waals surface area (Å²) in [6.45, 7) is 0. The Hall–Kier alpha value is -4.70. The average Bonchev–Trinajstić information content (AvgIpc) is 3.64. The van der Waals surface area contributed by atoms with Gasteiger partial charge in [0, 0.05) is 41.4 Å². The van der Waals surface area contributed by atoms with Gasteiger partial charge in [0.2, 0.25) is 5.88 Å². The number of rotatable bonds is 9.